The average Bonchev–Trinajstić information content (AvgIpc) is 2.89. The second-order valence-corrected chi connectivity index (χ2v) is 7.28. The van der Waals surface area contributed by atoms with Gasteiger partial charge in [-0.15, -0.1) is 11.3 Å². The summed E-state index contributed by atoms with van der Waals surface area (Å²) >= 11 is 6.66. The van der Waals surface area contributed by atoms with E-state index < -0.39 is 34.6 Å². The van der Waals surface area contributed by atoms with Gasteiger partial charge < -0.3 is 9.84 Å². The molecule has 0 saturated carbocycles. The van der Waals surface area contributed by atoms with Crippen molar-refractivity contribution in [3.8, 4) is 0 Å². The maximum Gasteiger partial charge on any atom is 0.332 e. The lowest BCUT2D eigenvalue weighted by Crippen LogP contribution is -2.38. The Kier molecular flexibility index (Phi) is 6.72. The van der Waals surface area contributed by atoms with Gasteiger partial charge in [-0.2, -0.15) is 4.39 Å². The Labute approximate surface area is 163 Å². The van der Waals surface area contributed by atoms with Gasteiger partial charge >= 0.3 is 11.9 Å². The number of carbonyl (C=O) groups excluding carboxylic acids is 3. The highest BCUT2D eigenvalue weighted by molar-refractivity contribution is 7.11. The fourth-order valence-corrected chi connectivity index (χ4v) is 4.13. The first-order valence-corrected chi connectivity index (χ1v) is 9.22. The Morgan fingerprint density at radius 2 is 1.81 bits per heavy atom. The molecule has 1 aliphatic carbocycles. The maximum atomic E-state index is 14.5. The van der Waals surface area contributed by atoms with Crippen molar-refractivity contribution in [2.75, 3.05) is 12.0 Å². The van der Waals surface area contributed by atoms with E-state index in [9.17, 15) is 28.7 Å². The van der Waals surface area contributed by atoms with Gasteiger partial charge in [-0.25, -0.2) is 9.69 Å². The van der Waals surface area contributed by atoms with Gasteiger partial charge in [0.2, 0.25) is 11.0 Å². The molecule has 2 rings (SSSR count). The molecule has 1 N–H and O–H groups in total. The number of carbonyl (C=O) groups is 4. The summed E-state index contributed by atoms with van der Waals surface area (Å²) in [6, 6.07) is 0. The number of carboxylic acid groups (broad SMARTS) is 1. The van der Waals surface area contributed by atoms with E-state index in [0.29, 0.717) is 29.1 Å². The zero-order valence-electron chi connectivity index (χ0n) is 14.6. The SMILES string of the molecule is COC(=O)Cc1sc(F)c(N(C(C)=O)C(=O)C2=C(C(=O)O)CCCC2)c1Cl. The molecule has 7 nitrogen and oxygen atoms in total. The molecule has 10 heteroatoms. The molecule has 1 aliphatic rings. The molecule has 0 bridgehead atoms. The van der Waals surface area contributed by atoms with E-state index in [0.717, 1.165) is 14.0 Å². The van der Waals surface area contributed by atoms with Crippen LogP contribution in [0, 0.1) is 5.13 Å². The minimum absolute atomic E-state index is 0.0415. The van der Waals surface area contributed by atoms with Gasteiger partial charge in [-0.05, 0) is 25.7 Å². The molecule has 1 heterocycles. The second-order valence-electron chi connectivity index (χ2n) is 5.84. The first kappa shape index (κ1) is 21.0. The largest absolute Gasteiger partial charge is 0.478 e. The number of ether oxygens (including phenoxy) is 1. The number of methoxy groups -OCH3 is 1. The molecule has 0 unspecified atom stereocenters. The molecular weight excluding hydrogens is 401 g/mol. The van der Waals surface area contributed by atoms with Crippen LogP contribution in [0.15, 0.2) is 11.1 Å². The van der Waals surface area contributed by atoms with Gasteiger partial charge in [-0.1, -0.05) is 11.6 Å². The number of thiophene rings is 1. The number of nitrogens with zero attached hydrogens (tertiary/aromatic N) is 1. The molecule has 0 saturated heterocycles. The summed E-state index contributed by atoms with van der Waals surface area (Å²) < 4.78 is 19.0. The quantitative estimate of drug-likeness (QED) is 0.739. The van der Waals surface area contributed by atoms with E-state index in [1.807, 2.05) is 0 Å². The van der Waals surface area contributed by atoms with Crippen LogP contribution < -0.4 is 4.90 Å². The number of hydrogen-bond donors (Lipinski definition) is 1. The smallest absolute Gasteiger partial charge is 0.332 e. The number of rotatable bonds is 5. The Hall–Kier alpha value is -2.26. The molecule has 1 aromatic rings. The summed E-state index contributed by atoms with van der Waals surface area (Å²) in [5, 5.41) is 8.15. The number of halogens is 2. The van der Waals surface area contributed by atoms with Crippen LogP contribution in [0.3, 0.4) is 0 Å². The van der Waals surface area contributed by atoms with Crippen molar-refractivity contribution >= 4 is 52.4 Å². The summed E-state index contributed by atoms with van der Waals surface area (Å²) in [5.74, 6) is -3.63. The van der Waals surface area contributed by atoms with Crippen molar-refractivity contribution in [3.63, 3.8) is 0 Å². The van der Waals surface area contributed by atoms with Crippen LogP contribution in [0.1, 0.15) is 37.5 Å². The van der Waals surface area contributed by atoms with E-state index in [1.165, 1.54) is 0 Å². The molecule has 146 valence electrons. The van der Waals surface area contributed by atoms with E-state index in [4.69, 9.17) is 11.6 Å². The highest BCUT2D eigenvalue weighted by Gasteiger charge is 2.34. The molecule has 0 spiro atoms. The van der Waals surface area contributed by atoms with Gasteiger partial charge in [0.15, 0.2) is 0 Å². The number of aliphatic carboxylic acids is 1. The molecule has 2 amide bonds. The van der Waals surface area contributed by atoms with Gasteiger partial charge in [-0.3, -0.25) is 14.4 Å². The lowest BCUT2D eigenvalue weighted by atomic mass is 9.90. The second kappa shape index (κ2) is 8.62. The summed E-state index contributed by atoms with van der Waals surface area (Å²) in [6.45, 7) is 1.05. The normalized spacial score (nSPS) is 14.1. The van der Waals surface area contributed by atoms with Crippen LogP contribution in [-0.4, -0.2) is 36.0 Å². The third kappa shape index (κ3) is 4.36. The Balaban J connectivity index is 2.53. The third-order valence-corrected chi connectivity index (χ3v) is 5.60. The predicted octanol–water partition coefficient (Wildman–Crippen LogP) is 3.09. The van der Waals surface area contributed by atoms with E-state index in [-0.39, 0.29) is 40.3 Å². The van der Waals surface area contributed by atoms with Crippen molar-refractivity contribution in [1.29, 1.82) is 0 Å². The lowest BCUT2D eigenvalue weighted by molar-refractivity contribution is -0.139. The fourth-order valence-electron chi connectivity index (χ4n) is 2.84. The maximum absolute atomic E-state index is 14.5. The van der Waals surface area contributed by atoms with Gasteiger partial charge in [0, 0.05) is 22.9 Å². The van der Waals surface area contributed by atoms with Crippen LogP contribution in [0.25, 0.3) is 0 Å². The molecule has 0 fully saturated rings. The zero-order valence-corrected chi connectivity index (χ0v) is 16.2. The lowest BCUT2D eigenvalue weighted by Gasteiger charge is -2.24. The standard InChI is InChI=1S/C17H17ClFNO6S/c1-8(21)20(16(23)9-5-3-4-6-10(9)17(24)25)14-13(18)11(27-15(14)19)7-12(22)26-2/h3-7H2,1-2H3,(H,24,25). The minimum atomic E-state index is -1.25. The van der Waals surface area contributed by atoms with Gasteiger partial charge in [0.05, 0.1) is 18.6 Å². The van der Waals surface area contributed by atoms with Crippen LogP contribution in [0.4, 0.5) is 10.1 Å². The first-order valence-electron chi connectivity index (χ1n) is 8.02. The predicted molar refractivity (Wildman–Crippen MR) is 96.3 cm³/mol. The fraction of sp³-hybridized carbons (Fsp3) is 0.412. The third-order valence-electron chi connectivity index (χ3n) is 4.11. The topological polar surface area (TPSA) is 101 Å². The summed E-state index contributed by atoms with van der Waals surface area (Å²) in [6.07, 6.45) is 1.23. The van der Waals surface area contributed by atoms with E-state index >= 15 is 0 Å². The van der Waals surface area contributed by atoms with Crippen molar-refractivity contribution < 1.29 is 33.4 Å². The number of esters is 1. The molecule has 0 atom stereocenters. The van der Waals surface area contributed by atoms with E-state index in [1.54, 1.807) is 0 Å². The highest BCUT2D eigenvalue weighted by atomic mass is 35.5. The monoisotopic (exact) mass is 417 g/mol. The molecule has 1 aromatic heterocycles. The van der Waals surface area contributed by atoms with Crippen LogP contribution in [0.2, 0.25) is 5.02 Å². The van der Waals surface area contributed by atoms with Crippen molar-refractivity contribution in [2.24, 2.45) is 0 Å². The summed E-state index contributed by atoms with van der Waals surface area (Å²) in [4.78, 5) is 48.5. The summed E-state index contributed by atoms with van der Waals surface area (Å²) in [7, 11) is 1.16. The first-order chi connectivity index (χ1) is 12.7. The molecule has 0 aromatic carbocycles. The minimum Gasteiger partial charge on any atom is -0.478 e. The van der Waals surface area contributed by atoms with Crippen molar-refractivity contribution in [2.45, 2.75) is 39.0 Å². The van der Waals surface area contributed by atoms with E-state index in [2.05, 4.69) is 4.74 Å². The molecule has 27 heavy (non-hydrogen) atoms. The number of hydrogen-bond acceptors (Lipinski definition) is 6. The Bertz CT molecular complexity index is 847. The molecule has 0 radical (unpaired) electrons. The summed E-state index contributed by atoms with van der Waals surface area (Å²) in [5.41, 5.74) is -0.597. The van der Waals surface area contributed by atoms with Crippen LogP contribution >= 0.6 is 22.9 Å². The zero-order chi connectivity index (χ0) is 20.3. The number of anilines is 1. The van der Waals surface area contributed by atoms with Crippen molar-refractivity contribution in [3.05, 3.63) is 26.2 Å². The van der Waals surface area contributed by atoms with Crippen LogP contribution in [-0.2, 0) is 30.3 Å². The highest BCUT2D eigenvalue weighted by Crippen LogP contribution is 2.40. The van der Waals surface area contributed by atoms with Gasteiger partial charge in [0.1, 0.15) is 5.69 Å². The van der Waals surface area contributed by atoms with Crippen molar-refractivity contribution in [1.82, 2.24) is 0 Å². The number of imide groups is 1. The van der Waals surface area contributed by atoms with Crippen LogP contribution in [0.5, 0.6) is 0 Å². The molecular formula is C17H17ClFNO6S. The number of carboxylic acids is 1. The molecule has 0 aliphatic heterocycles. The Morgan fingerprint density at radius 3 is 2.33 bits per heavy atom. The van der Waals surface area contributed by atoms with Gasteiger partial charge in [0.25, 0.3) is 5.91 Å². The Morgan fingerprint density at radius 1 is 1.22 bits per heavy atom. The average molecular weight is 418 g/mol. The number of amides is 2.